The van der Waals surface area contributed by atoms with Gasteiger partial charge >= 0.3 is 0 Å². The molecule has 2 rings (SSSR count). The van der Waals surface area contributed by atoms with Gasteiger partial charge in [0.15, 0.2) is 11.5 Å². The summed E-state index contributed by atoms with van der Waals surface area (Å²) in [5.41, 5.74) is 2.70. The highest BCUT2D eigenvalue weighted by Crippen LogP contribution is 2.37. The van der Waals surface area contributed by atoms with Crippen molar-refractivity contribution in [2.75, 3.05) is 20.5 Å². The van der Waals surface area contributed by atoms with Crippen LogP contribution in [-0.2, 0) is 0 Å². The molecule has 0 aliphatic rings. The molecule has 0 spiro atoms. The third kappa shape index (κ3) is 3.17. The molecule has 21 heavy (non-hydrogen) atoms. The first-order valence-corrected chi connectivity index (χ1v) is 7.88. The molecule has 0 bridgehead atoms. The number of aliphatic hydroxyl groups is 1. The van der Waals surface area contributed by atoms with E-state index in [0.717, 1.165) is 21.6 Å². The van der Waals surface area contributed by atoms with Gasteiger partial charge in [-0.15, -0.1) is 11.8 Å². The Bertz CT molecular complexity index is 625. The number of hydrogen-bond donors (Lipinski definition) is 1. The van der Waals surface area contributed by atoms with Crippen LogP contribution in [0.2, 0.25) is 0 Å². The minimum Gasteiger partial charge on any atom is -0.493 e. The number of aliphatic hydroxyl groups excluding tert-OH is 1. The van der Waals surface area contributed by atoms with Crippen molar-refractivity contribution >= 4 is 11.8 Å². The van der Waals surface area contributed by atoms with Gasteiger partial charge in [-0.25, -0.2) is 0 Å². The molecular formula is C17H20O3S. The fraction of sp³-hybridized carbons (Fsp3) is 0.294. The molecule has 1 atom stereocenters. The van der Waals surface area contributed by atoms with Gasteiger partial charge < -0.3 is 14.6 Å². The van der Waals surface area contributed by atoms with Crippen molar-refractivity contribution in [1.29, 1.82) is 0 Å². The zero-order chi connectivity index (χ0) is 15.4. The standard InChI is InChI=1S/C17H20O3S/c1-11-9-14(19-2)15(20-3)10-13(11)17(18)12-7-5-6-8-16(12)21-4/h5-10,17-18H,1-4H3. The smallest absolute Gasteiger partial charge is 0.161 e. The third-order valence-corrected chi connectivity index (χ3v) is 4.31. The predicted octanol–water partition coefficient (Wildman–Crippen LogP) is 3.82. The summed E-state index contributed by atoms with van der Waals surface area (Å²) in [6.07, 6.45) is 1.32. The van der Waals surface area contributed by atoms with Crippen molar-refractivity contribution in [2.45, 2.75) is 17.9 Å². The summed E-state index contributed by atoms with van der Waals surface area (Å²) < 4.78 is 10.6. The van der Waals surface area contributed by atoms with Gasteiger partial charge in [0.25, 0.3) is 0 Å². The fourth-order valence-electron chi connectivity index (χ4n) is 2.35. The van der Waals surface area contributed by atoms with E-state index in [2.05, 4.69) is 0 Å². The Morgan fingerprint density at radius 3 is 2.24 bits per heavy atom. The van der Waals surface area contributed by atoms with Gasteiger partial charge in [-0.2, -0.15) is 0 Å². The quantitative estimate of drug-likeness (QED) is 0.852. The van der Waals surface area contributed by atoms with E-state index in [0.29, 0.717) is 11.5 Å². The second-order valence-electron chi connectivity index (χ2n) is 4.71. The minimum absolute atomic E-state index is 0.624. The van der Waals surface area contributed by atoms with E-state index in [1.165, 1.54) is 0 Å². The number of aryl methyl sites for hydroxylation is 1. The van der Waals surface area contributed by atoms with E-state index >= 15 is 0 Å². The van der Waals surface area contributed by atoms with Crippen LogP contribution < -0.4 is 9.47 Å². The molecule has 0 saturated heterocycles. The maximum atomic E-state index is 10.8. The van der Waals surface area contributed by atoms with Gasteiger partial charge in [-0.1, -0.05) is 18.2 Å². The number of benzene rings is 2. The third-order valence-electron chi connectivity index (χ3n) is 3.50. The zero-order valence-electron chi connectivity index (χ0n) is 12.7. The summed E-state index contributed by atoms with van der Waals surface area (Å²) in [7, 11) is 3.20. The summed E-state index contributed by atoms with van der Waals surface area (Å²) in [6.45, 7) is 1.96. The number of methoxy groups -OCH3 is 2. The fourth-order valence-corrected chi connectivity index (χ4v) is 2.98. The molecule has 3 nitrogen and oxygen atoms in total. The summed E-state index contributed by atoms with van der Waals surface area (Å²) in [5, 5.41) is 10.8. The molecule has 0 radical (unpaired) electrons. The lowest BCUT2D eigenvalue weighted by Gasteiger charge is -2.19. The van der Waals surface area contributed by atoms with Crippen LogP contribution >= 0.6 is 11.8 Å². The van der Waals surface area contributed by atoms with Gasteiger partial charge in [0.1, 0.15) is 6.10 Å². The van der Waals surface area contributed by atoms with Crippen molar-refractivity contribution in [2.24, 2.45) is 0 Å². The topological polar surface area (TPSA) is 38.7 Å². The van der Waals surface area contributed by atoms with Gasteiger partial charge in [0.05, 0.1) is 14.2 Å². The molecule has 0 aromatic heterocycles. The lowest BCUT2D eigenvalue weighted by Crippen LogP contribution is -2.05. The minimum atomic E-state index is -0.687. The first-order chi connectivity index (χ1) is 10.1. The Kier molecular flexibility index (Phi) is 5.15. The Morgan fingerprint density at radius 1 is 1.00 bits per heavy atom. The monoisotopic (exact) mass is 304 g/mol. The Balaban J connectivity index is 2.50. The summed E-state index contributed by atoms with van der Waals surface area (Å²) in [5.74, 6) is 1.29. The van der Waals surface area contributed by atoms with Gasteiger partial charge in [0.2, 0.25) is 0 Å². The number of rotatable bonds is 5. The Morgan fingerprint density at radius 2 is 1.62 bits per heavy atom. The van der Waals surface area contributed by atoms with Crippen LogP contribution in [0.15, 0.2) is 41.3 Å². The number of thioether (sulfide) groups is 1. The SMILES string of the molecule is COc1cc(C)c(C(O)c2ccccc2SC)cc1OC. The zero-order valence-corrected chi connectivity index (χ0v) is 13.5. The molecule has 0 aliphatic carbocycles. The van der Waals surface area contributed by atoms with E-state index in [9.17, 15) is 5.11 Å². The average molecular weight is 304 g/mol. The van der Waals surface area contributed by atoms with Crippen LogP contribution in [0.3, 0.4) is 0 Å². The normalized spacial score (nSPS) is 12.0. The molecule has 0 heterocycles. The molecule has 0 amide bonds. The van der Waals surface area contributed by atoms with Crippen LogP contribution in [0.4, 0.5) is 0 Å². The molecule has 112 valence electrons. The molecule has 1 N–H and O–H groups in total. The highest BCUT2D eigenvalue weighted by atomic mass is 32.2. The second-order valence-corrected chi connectivity index (χ2v) is 5.56. The first-order valence-electron chi connectivity index (χ1n) is 6.65. The van der Waals surface area contributed by atoms with Crippen LogP contribution in [0, 0.1) is 6.92 Å². The molecule has 2 aromatic carbocycles. The van der Waals surface area contributed by atoms with Crippen LogP contribution in [0.25, 0.3) is 0 Å². The second kappa shape index (κ2) is 6.87. The molecule has 2 aromatic rings. The van der Waals surface area contributed by atoms with Gasteiger partial charge in [-0.05, 0) is 48.1 Å². The highest BCUT2D eigenvalue weighted by Gasteiger charge is 2.19. The molecule has 0 saturated carbocycles. The summed E-state index contributed by atoms with van der Waals surface area (Å²) in [4.78, 5) is 1.07. The molecule has 0 fully saturated rings. The van der Waals surface area contributed by atoms with Crippen LogP contribution in [-0.4, -0.2) is 25.6 Å². The molecule has 1 unspecified atom stereocenters. The Hall–Kier alpha value is -1.65. The predicted molar refractivity (Wildman–Crippen MR) is 86.6 cm³/mol. The van der Waals surface area contributed by atoms with Crippen molar-refractivity contribution in [3.8, 4) is 11.5 Å². The highest BCUT2D eigenvalue weighted by molar-refractivity contribution is 7.98. The lowest BCUT2D eigenvalue weighted by atomic mass is 9.97. The molecule has 0 aliphatic heterocycles. The van der Waals surface area contributed by atoms with E-state index in [1.807, 2.05) is 49.6 Å². The lowest BCUT2D eigenvalue weighted by molar-refractivity contribution is 0.215. The van der Waals surface area contributed by atoms with E-state index in [4.69, 9.17) is 9.47 Å². The van der Waals surface area contributed by atoms with Crippen molar-refractivity contribution in [3.63, 3.8) is 0 Å². The van der Waals surface area contributed by atoms with Crippen molar-refractivity contribution < 1.29 is 14.6 Å². The summed E-state index contributed by atoms with van der Waals surface area (Å²) in [6, 6.07) is 11.6. The maximum Gasteiger partial charge on any atom is 0.161 e. The molecule has 4 heteroatoms. The van der Waals surface area contributed by atoms with Crippen LogP contribution in [0.5, 0.6) is 11.5 Å². The van der Waals surface area contributed by atoms with Crippen molar-refractivity contribution in [3.05, 3.63) is 53.1 Å². The largest absolute Gasteiger partial charge is 0.493 e. The van der Waals surface area contributed by atoms with Gasteiger partial charge in [0, 0.05) is 4.90 Å². The van der Waals surface area contributed by atoms with E-state index in [1.54, 1.807) is 26.0 Å². The first kappa shape index (κ1) is 15.7. The number of hydrogen-bond acceptors (Lipinski definition) is 4. The van der Waals surface area contributed by atoms with Crippen LogP contribution in [0.1, 0.15) is 22.8 Å². The van der Waals surface area contributed by atoms with E-state index < -0.39 is 6.10 Å². The Labute approximate surface area is 129 Å². The average Bonchev–Trinajstić information content (AvgIpc) is 2.53. The maximum absolute atomic E-state index is 10.8. The van der Waals surface area contributed by atoms with E-state index in [-0.39, 0.29) is 0 Å². The van der Waals surface area contributed by atoms with Gasteiger partial charge in [-0.3, -0.25) is 0 Å². The number of ether oxygens (including phenoxy) is 2. The molecular weight excluding hydrogens is 284 g/mol. The van der Waals surface area contributed by atoms with Crippen molar-refractivity contribution in [1.82, 2.24) is 0 Å². The summed E-state index contributed by atoms with van der Waals surface area (Å²) >= 11 is 1.63.